The standard InChI is InChI=1S/C23H20ClF6N5O2/c24-16-10-14(6-7-15(16)22(25,26)27)17-11-19(35-21(34-17)32-9-8-31)33-12-18(13-4-2-1-3-5-13)37-20(36)23(28,29)30/h1-7,10-11,18H,8-9,12,31H2,(H2,32,33,34,35)/t18-/m0/s1. The fourth-order valence-corrected chi connectivity index (χ4v) is 3.43. The van der Waals surface area contributed by atoms with Crippen LogP contribution in [0.3, 0.4) is 0 Å². The Kier molecular flexibility index (Phi) is 8.81. The third kappa shape index (κ3) is 7.70. The van der Waals surface area contributed by atoms with E-state index in [0.717, 1.165) is 12.1 Å². The molecule has 1 atom stereocenters. The van der Waals surface area contributed by atoms with Gasteiger partial charge in [-0.15, -0.1) is 0 Å². The predicted molar refractivity (Wildman–Crippen MR) is 125 cm³/mol. The molecule has 0 fully saturated rings. The Morgan fingerprint density at radius 3 is 2.30 bits per heavy atom. The van der Waals surface area contributed by atoms with Gasteiger partial charge < -0.3 is 21.1 Å². The highest BCUT2D eigenvalue weighted by molar-refractivity contribution is 6.31. The minimum Gasteiger partial charge on any atom is -0.449 e. The van der Waals surface area contributed by atoms with Crippen molar-refractivity contribution in [3.8, 4) is 11.3 Å². The molecule has 4 N–H and O–H groups in total. The molecule has 0 saturated carbocycles. The van der Waals surface area contributed by atoms with Crippen molar-refractivity contribution < 1.29 is 35.9 Å². The van der Waals surface area contributed by atoms with Crippen LogP contribution in [0.15, 0.2) is 54.6 Å². The minimum absolute atomic E-state index is 0.0463. The Bertz CT molecular complexity index is 1220. The molecule has 0 aliphatic heterocycles. The van der Waals surface area contributed by atoms with Crippen molar-refractivity contribution in [3.05, 3.63) is 70.7 Å². The van der Waals surface area contributed by atoms with E-state index in [-0.39, 0.29) is 48.2 Å². The van der Waals surface area contributed by atoms with E-state index in [1.807, 2.05) is 0 Å². The molecular formula is C23H20ClF6N5O2. The van der Waals surface area contributed by atoms with E-state index in [9.17, 15) is 31.1 Å². The molecule has 7 nitrogen and oxygen atoms in total. The van der Waals surface area contributed by atoms with Gasteiger partial charge in [0.05, 0.1) is 22.8 Å². The van der Waals surface area contributed by atoms with E-state index in [0.29, 0.717) is 0 Å². The number of hydrogen-bond acceptors (Lipinski definition) is 7. The molecule has 14 heteroatoms. The smallest absolute Gasteiger partial charge is 0.449 e. The van der Waals surface area contributed by atoms with Crippen molar-refractivity contribution >= 4 is 29.3 Å². The number of carbonyl (C=O) groups excluding carboxylic acids is 1. The Balaban J connectivity index is 1.92. The third-order valence-corrected chi connectivity index (χ3v) is 5.16. The molecule has 0 bridgehead atoms. The number of carbonyl (C=O) groups is 1. The number of alkyl halides is 6. The number of benzene rings is 2. The highest BCUT2D eigenvalue weighted by Crippen LogP contribution is 2.37. The van der Waals surface area contributed by atoms with Crippen molar-refractivity contribution in [2.24, 2.45) is 5.73 Å². The van der Waals surface area contributed by atoms with Gasteiger partial charge in [-0.2, -0.15) is 31.3 Å². The van der Waals surface area contributed by atoms with Crippen LogP contribution in [-0.4, -0.2) is 41.7 Å². The second-order valence-electron chi connectivity index (χ2n) is 7.55. The Morgan fingerprint density at radius 2 is 1.70 bits per heavy atom. The fraction of sp³-hybridized carbons (Fsp3) is 0.261. The zero-order valence-corrected chi connectivity index (χ0v) is 19.6. The second kappa shape index (κ2) is 11.6. The normalized spacial score (nSPS) is 12.6. The SMILES string of the molecule is NCCNc1nc(NC[C@H](OC(=O)C(F)(F)F)c2ccccc2)cc(-c2ccc(C(F)(F)F)c(Cl)c2)n1. The quantitative estimate of drug-likeness (QED) is 0.242. The molecule has 0 aliphatic carbocycles. The first-order chi connectivity index (χ1) is 17.4. The summed E-state index contributed by atoms with van der Waals surface area (Å²) in [5.41, 5.74) is 5.14. The maximum absolute atomic E-state index is 13.1. The monoisotopic (exact) mass is 547 g/mol. The molecule has 0 aliphatic rings. The largest absolute Gasteiger partial charge is 0.490 e. The molecule has 0 unspecified atom stereocenters. The molecule has 2 aromatic carbocycles. The maximum atomic E-state index is 13.1. The van der Waals surface area contributed by atoms with Crippen LogP contribution in [-0.2, 0) is 15.7 Å². The van der Waals surface area contributed by atoms with Crippen LogP contribution >= 0.6 is 11.6 Å². The number of nitrogens with one attached hydrogen (secondary N) is 2. The summed E-state index contributed by atoms with van der Waals surface area (Å²) < 4.78 is 82.4. The molecule has 3 rings (SSSR count). The molecule has 3 aromatic rings. The molecule has 0 amide bonds. The number of hydrogen-bond donors (Lipinski definition) is 3. The number of rotatable bonds is 9. The van der Waals surface area contributed by atoms with Crippen LogP contribution < -0.4 is 16.4 Å². The Hall–Kier alpha value is -3.58. The lowest BCUT2D eigenvalue weighted by Gasteiger charge is -2.20. The highest BCUT2D eigenvalue weighted by Gasteiger charge is 2.42. The van der Waals surface area contributed by atoms with E-state index in [4.69, 9.17) is 17.3 Å². The molecule has 198 valence electrons. The zero-order chi connectivity index (χ0) is 27.2. The molecular weight excluding hydrogens is 528 g/mol. The number of nitrogens with zero attached hydrogens (tertiary/aromatic N) is 2. The van der Waals surface area contributed by atoms with E-state index in [2.05, 4.69) is 25.3 Å². The number of esters is 1. The van der Waals surface area contributed by atoms with Gasteiger partial charge in [-0.05, 0) is 17.7 Å². The van der Waals surface area contributed by atoms with Gasteiger partial charge in [-0.1, -0.05) is 48.0 Å². The van der Waals surface area contributed by atoms with Gasteiger partial charge in [0.2, 0.25) is 5.95 Å². The van der Waals surface area contributed by atoms with Crippen LogP contribution in [0, 0.1) is 0 Å². The van der Waals surface area contributed by atoms with Crippen LogP contribution in [0.25, 0.3) is 11.3 Å². The number of halogens is 7. The second-order valence-corrected chi connectivity index (χ2v) is 7.96. The molecule has 0 saturated heterocycles. The maximum Gasteiger partial charge on any atom is 0.490 e. The lowest BCUT2D eigenvalue weighted by Crippen LogP contribution is -2.29. The zero-order valence-electron chi connectivity index (χ0n) is 18.8. The fourth-order valence-electron chi connectivity index (χ4n) is 3.14. The first-order valence-electron chi connectivity index (χ1n) is 10.6. The van der Waals surface area contributed by atoms with Crippen molar-refractivity contribution in [2.45, 2.75) is 18.5 Å². The van der Waals surface area contributed by atoms with Crippen molar-refractivity contribution in [1.82, 2.24) is 9.97 Å². The predicted octanol–water partition coefficient (Wildman–Crippen LogP) is 5.45. The summed E-state index contributed by atoms with van der Waals surface area (Å²) in [6.07, 6.45) is -11.2. The van der Waals surface area contributed by atoms with E-state index >= 15 is 0 Å². The van der Waals surface area contributed by atoms with Crippen molar-refractivity contribution in [1.29, 1.82) is 0 Å². The summed E-state index contributed by atoms with van der Waals surface area (Å²) in [5, 5.41) is 5.09. The average Bonchev–Trinajstić information content (AvgIpc) is 2.84. The van der Waals surface area contributed by atoms with Crippen molar-refractivity contribution in [2.75, 3.05) is 30.3 Å². The van der Waals surface area contributed by atoms with Gasteiger partial charge in [0.15, 0.2) is 0 Å². The summed E-state index contributed by atoms with van der Waals surface area (Å²) in [4.78, 5) is 19.9. The molecule has 1 heterocycles. The Labute approximate surface area is 212 Å². The van der Waals surface area contributed by atoms with E-state index < -0.39 is 35.0 Å². The number of aromatic nitrogens is 2. The molecule has 0 spiro atoms. The molecule has 1 aromatic heterocycles. The first-order valence-corrected chi connectivity index (χ1v) is 11.0. The summed E-state index contributed by atoms with van der Waals surface area (Å²) in [6, 6.07) is 12.2. The summed E-state index contributed by atoms with van der Waals surface area (Å²) >= 11 is 5.83. The lowest BCUT2D eigenvalue weighted by atomic mass is 10.1. The highest BCUT2D eigenvalue weighted by atomic mass is 35.5. The lowest BCUT2D eigenvalue weighted by molar-refractivity contribution is -0.204. The van der Waals surface area contributed by atoms with Gasteiger partial charge in [0.1, 0.15) is 11.9 Å². The van der Waals surface area contributed by atoms with E-state index in [1.54, 1.807) is 18.2 Å². The van der Waals surface area contributed by atoms with Gasteiger partial charge in [-0.3, -0.25) is 0 Å². The minimum atomic E-state index is -5.20. The van der Waals surface area contributed by atoms with Gasteiger partial charge in [0, 0.05) is 24.7 Å². The number of anilines is 2. The van der Waals surface area contributed by atoms with Crippen LogP contribution in [0.4, 0.5) is 38.1 Å². The summed E-state index contributed by atoms with van der Waals surface area (Å²) in [7, 11) is 0. The van der Waals surface area contributed by atoms with Crippen LogP contribution in [0.5, 0.6) is 0 Å². The summed E-state index contributed by atoms with van der Waals surface area (Å²) in [5.74, 6) is -2.23. The average molecular weight is 548 g/mol. The van der Waals surface area contributed by atoms with E-state index in [1.165, 1.54) is 24.3 Å². The Morgan fingerprint density at radius 1 is 1.00 bits per heavy atom. The summed E-state index contributed by atoms with van der Waals surface area (Å²) in [6.45, 7) is 0.158. The molecule has 37 heavy (non-hydrogen) atoms. The van der Waals surface area contributed by atoms with Crippen molar-refractivity contribution in [3.63, 3.8) is 0 Å². The number of nitrogens with two attached hydrogens (primary N) is 1. The van der Waals surface area contributed by atoms with Crippen LogP contribution in [0.1, 0.15) is 17.2 Å². The van der Waals surface area contributed by atoms with Gasteiger partial charge in [0.25, 0.3) is 0 Å². The molecule has 0 radical (unpaired) electrons. The van der Waals surface area contributed by atoms with Gasteiger partial charge in [-0.25, -0.2) is 9.78 Å². The first kappa shape index (κ1) is 28.0. The topological polar surface area (TPSA) is 102 Å². The third-order valence-electron chi connectivity index (χ3n) is 4.84. The van der Waals surface area contributed by atoms with Gasteiger partial charge >= 0.3 is 18.3 Å². The number of ether oxygens (including phenoxy) is 1. The van der Waals surface area contributed by atoms with Crippen LogP contribution in [0.2, 0.25) is 5.02 Å².